The molecule has 0 aromatic heterocycles. The minimum absolute atomic E-state index is 0.0397. The van der Waals surface area contributed by atoms with Crippen LogP contribution in [0.4, 0.5) is 0 Å². The zero-order valence-corrected chi connectivity index (χ0v) is 22.9. The van der Waals surface area contributed by atoms with Crippen LogP contribution in [0.5, 0.6) is 0 Å². The molecule has 0 N–H and O–H groups in total. The van der Waals surface area contributed by atoms with Gasteiger partial charge in [-0.25, -0.2) is 0 Å². The molecule has 1 aliphatic carbocycles. The van der Waals surface area contributed by atoms with Gasteiger partial charge in [0.2, 0.25) is 0 Å². The third-order valence-corrected chi connectivity index (χ3v) is 21.3. The molecule has 5 heteroatoms. The van der Waals surface area contributed by atoms with Crippen LogP contribution in [0.25, 0.3) is 0 Å². The number of allylic oxidation sites excluding steroid dienone is 2. The topological polar surface area (TPSA) is 52.6 Å². The monoisotopic (exact) mass is 528 g/mol. The summed E-state index contributed by atoms with van der Waals surface area (Å²) in [5, 5.41) is 0. The second-order valence-electron chi connectivity index (χ2n) is 9.00. The van der Waals surface area contributed by atoms with Crippen LogP contribution in [0.3, 0.4) is 0 Å². The Balaban J connectivity index is 3.31. The number of hydrogen-bond acceptors (Lipinski definition) is 4. The van der Waals surface area contributed by atoms with Crippen LogP contribution in [0.2, 0.25) is 13.3 Å². The van der Waals surface area contributed by atoms with Crippen molar-refractivity contribution in [2.24, 2.45) is 11.3 Å². The van der Waals surface area contributed by atoms with Gasteiger partial charge in [-0.3, -0.25) is 0 Å². The van der Waals surface area contributed by atoms with Crippen molar-refractivity contribution in [1.29, 1.82) is 0 Å². The molecule has 1 saturated carbocycles. The van der Waals surface area contributed by atoms with E-state index in [1.807, 2.05) is 6.08 Å². The first-order valence-corrected chi connectivity index (χ1v) is 19.6. The van der Waals surface area contributed by atoms with Gasteiger partial charge in [0.15, 0.2) is 0 Å². The maximum absolute atomic E-state index is 12.6. The first kappa shape index (κ1) is 27.3. The van der Waals surface area contributed by atoms with Crippen molar-refractivity contribution in [1.82, 2.24) is 0 Å². The summed E-state index contributed by atoms with van der Waals surface area (Å²) in [7, 11) is 2.70. The fraction of sp³-hybridized carbons (Fsp3) is 0.760. The standard InChI is InChI=1S/C13H17O4.3C4H9.Sn/c1-5-10-8-13(11(14)16-3,12(15)17-4)7-6-9(10)2;3*1-3-4-2;/h2,5,10H,1,6-8H2,3-4H3;3*1,3-4H2,2H3;. The van der Waals surface area contributed by atoms with Crippen LogP contribution in [0.1, 0.15) is 78.6 Å². The van der Waals surface area contributed by atoms with E-state index in [0.29, 0.717) is 12.8 Å². The number of methoxy groups -OCH3 is 2. The Morgan fingerprint density at radius 3 is 1.83 bits per heavy atom. The van der Waals surface area contributed by atoms with Crippen molar-refractivity contribution in [3.63, 3.8) is 0 Å². The predicted molar refractivity (Wildman–Crippen MR) is 127 cm³/mol. The Bertz CT molecular complexity index is 558. The Morgan fingerprint density at radius 2 is 1.47 bits per heavy atom. The van der Waals surface area contributed by atoms with Crippen LogP contribution in [0, 0.1) is 11.3 Å². The molecule has 0 radical (unpaired) electrons. The molecule has 172 valence electrons. The summed E-state index contributed by atoms with van der Waals surface area (Å²) >= 11 is -2.47. The van der Waals surface area contributed by atoms with Gasteiger partial charge < -0.3 is 0 Å². The van der Waals surface area contributed by atoms with Crippen LogP contribution in [-0.4, -0.2) is 44.5 Å². The molecular formula is C25H44O4Sn. The van der Waals surface area contributed by atoms with Gasteiger partial charge in [-0.05, 0) is 0 Å². The van der Waals surface area contributed by atoms with Crippen molar-refractivity contribution in [3.05, 3.63) is 22.3 Å². The van der Waals surface area contributed by atoms with Gasteiger partial charge in [-0.2, -0.15) is 0 Å². The van der Waals surface area contributed by atoms with Crippen LogP contribution in [0.15, 0.2) is 22.3 Å². The van der Waals surface area contributed by atoms with Crippen molar-refractivity contribution in [2.45, 2.75) is 91.9 Å². The Kier molecular flexibility index (Phi) is 12.3. The van der Waals surface area contributed by atoms with Crippen molar-refractivity contribution < 1.29 is 19.1 Å². The fourth-order valence-electron chi connectivity index (χ4n) is 4.98. The van der Waals surface area contributed by atoms with E-state index >= 15 is 0 Å². The maximum atomic E-state index is 12.6. The molecule has 1 aliphatic rings. The number of unbranched alkanes of at least 4 members (excludes halogenated alkanes) is 3. The molecule has 0 heterocycles. The van der Waals surface area contributed by atoms with Gasteiger partial charge in [0.05, 0.1) is 0 Å². The molecule has 0 amide bonds. The summed E-state index contributed by atoms with van der Waals surface area (Å²) in [4.78, 5) is 25.2. The number of hydrogen-bond donors (Lipinski definition) is 0. The molecule has 30 heavy (non-hydrogen) atoms. The molecule has 4 nitrogen and oxygen atoms in total. The number of carbonyl (C=O) groups excluding carboxylic acids is 2. The molecule has 0 saturated heterocycles. The third-order valence-electron chi connectivity index (χ3n) is 6.90. The zero-order chi connectivity index (χ0) is 22.6. The summed E-state index contributed by atoms with van der Waals surface area (Å²) in [6, 6.07) is 0. The quantitative estimate of drug-likeness (QED) is 0.117. The molecule has 0 bridgehead atoms. The summed E-state index contributed by atoms with van der Waals surface area (Å²) < 4.78 is 17.0. The number of esters is 2. The average Bonchev–Trinajstić information content (AvgIpc) is 2.78. The number of carbonyl (C=O) groups is 2. The van der Waals surface area contributed by atoms with E-state index in [-0.39, 0.29) is 5.92 Å². The number of rotatable bonds is 13. The van der Waals surface area contributed by atoms with Crippen molar-refractivity contribution in [3.8, 4) is 0 Å². The summed E-state index contributed by atoms with van der Waals surface area (Å²) in [6.45, 7) is 10.9. The SMILES string of the molecule is C=CC1CC(C(=O)OC)(C(=O)OC)CC/C1=[CH]\[Sn]([CH2]CCC)([CH2]CCC)[CH2]CCC. The fourth-order valence-corrected chi connectivity index (χ4v) is 20.7. The normalized spacial score (nSPS) is 20.0. The predicted octanol–water partition coefficient (Wildman–Crippen LogP) is 6.62. The number of ether oxygens (including phenoxy) is 2. The van der Waals surface area contributed by atoms with E-state index < -0.39 is 35.7 Å². The van der Waals surface area contributed by atoms with Gasteiger partial charge >= 0.3 is 189 Å². The average molecular weight is 527 g/mol. The van der Waals surface area contributed by atoms with E-state index in [1.165, 1.54) is 71.6 Å². The van der Waals surface area contributed by atoms with Gasteiger partial charge in [-0.1, -0.05) is 0 Å². The Hall–Kier alpha value is -0.781. The van der Waals surface area contributed by atoms with E-state index in [1.54, 1.807) is 0 Å². The molecule has 1 rings (SSSR count). The van der Waals surface area contributed by atoms with Crippen LogP contribution >= 0.6 is 0 Å². The Morgan fingerprint density at radius 1 is 1.00 bits per heavy atom. The molecule has 0 aliphatic heterocycles. The molecule has 1 fully saturated rings. The molecule has 1 unspecified atom stereocenters. The van der Waals surface area contributed by atoms with E-state index in [9.17, 15) is 9.59 Å². The van der Waals surface area contributed by atoms with Crippen LogP contribution in [-0.2, 0) is 19.1 Å². The van der Waals surface area contributed by atoms with Gasteiger partial charge in [0.1, 0.15) is 0 Å². The summed E-state index contributed by atoms with van der Waals surface area (Å²) in [5.41, 5.74) is 0.223. The van der Waals surface area contributed by atoms with E-state index in [2.05, 4.69) is 31.4 Å². The van der Waals surface area contributed by atoms with Crippen molar-refractivity contribution in [2.75, 3.05) is 14.2 Å². The zero-order valence-electron chi connectivity index (χ0n) is 20.1. The molecule has 0 aromatic rings. The molecule has 0 spiro atoms. The summed E-state index contributed by atoms with van der Waals surface area (Å²) in [5.74, 6) is -0.908. The summed E-state index contributed by atoms with van der Waals surface area (Å²) in [6.07, 6.45) is 11.3. The van der Waals surface area contributed by atoms with Gasteiger partial charge in [0.25, 0.3) is 0 Å². The molecular weight excluding hydrogens is 483 g/mol. The minimum atomic E-state index is -2.47. The van der Waals surface area contributed by atoms with Gasteiger partial charge in [-0.15, -0.1) is 0 Å². The molecule has 1 atom stereocenters. The third kappa shape index (κ3) is 6.86. The first-order chi connectivity index (χ1) is 14.4. The second kappa shape index (κ2) is 13.6. The van der Waals surface area contributed by atoms with Crippen molar-refractivity contribution >= 4 is 30.3 Å². The van der Waals surface area contributed by atoms with Gasteiger partial charge in [0, 0.05) is 0 Å². The molecule has 0 aromatic carbocycles. The van der Waals surface area contributed by atoms with Crippen LogP contribution < -0.4 is 0 Å². The van der Waals surface area contributed by atoms with E-state index in [0.717, 1.165) is 6.42 Å². The Labute approximate surface area is 188 Å². The first-order valence-electron chi connectivity index (χ1n) is 11.9. The second-order valence-corrected chi connectivity index (χ2v) is 21.9. The van der Waals surface area contributed by atoms with E-state index in [4.69, 9.17) is 9.47 Å².